The van der Waals surface area contributed by atoms with E-state index in [1.54, 1.807) is 7.11 Å². The molecule has 0 radical (unpaired) electrons. The van der Waals surface area contributed by atoms with Gasteiger partial charge in [0.05, 0.1) is 19.2 Å². The Labute approximate surface area is 115 Å². The Morgan fingerprint density at radius 1 is 1.10 bits per heavy atom. The number of aromatic nitrogens is 1. The number of hydrogen-bond acceptors (Lipinski definition) is 1. The van der Waals surface area contributed by atoms with Gasteiger partial charge in [-0.25, -0.2) is 8.78 Å². The predicted molar refractivity (Wildman–Crippen MR) is 74.0 cm³/mol. The summed E-state index contributed by atoms with van der Waals surface area (Å²) in [6, 6.07) is 11.1. The van der Waals surface area contributed by atoms with E-state index in [2.05, 4.69) is 0 Å². The van der Waals surface area contributed by atoms with Crippen molar-refractivity contribution >= 4 is 10.9 Å². The Bertz CT molecular complexity index is 764. The molecule has 0 aliphatic heterocycles. The predicted octanol–water partition coefficient (Wildman–Crippen LogP) is 3.98. The second-order valence-electron chi connectivity index (χ2n) is 4.57. The molecule has 0 saturated heterocycles. The summed E-state index contributed by atoms with van der Waals surface area (Å²) >= 11 is 0. The van der Waals surface area contributed by atoms with Gasteiger partial charge < -0.3 is 9.30 Å². The maximum absolute atomic E-state index is 13.7. The molecule has 1 aromatic heterocycles. The molecule has 4 heteroatoms. The van der Waals surface area contributed by atoms with Crippen LogP contribution in [0.2, 0.25) is 0 Å². The Hall–Kier alpha value is -2.36. The summed E-state index contributed by atoms with van der Waals surface area (Å²) in [5.74, 6) is -0.0763. The summed E-state index contributed by atoms with van der Waals surface area (Å²) in [5.41, 5.74) is 1.25. The third-order valence-electron chi connectivity index (χ3n) is 3.34. The Balaban J connectivity index is 2.05. The van der Waals surface area contributed by atoms with Gasteiger partial charge in [-0.3, -0.25) is 0 Å². The van der Waals surface area contributed by atoms with Gasteiger partial charge in [0, 0.05) is 17.1 Å². The SMILES string of the molecule is COc1cccc2c1ccn2Cc1cc(F)ccc1F. The zero-order valence-corrected chi connectivity index (χ0v) is 10.9. The third kappa shape index (κ3) is 2.13. The van der Waals surface area contributed by atoms with E-state index < -0.39 is 11.6 Å². The number of nitrogens with zero attached hydrogens (tertiary/aromatic N) is 1. The van der Waals surface area contributed by atoms with Crippen molar-refractivity contribution in [3.8, 4) is 5.75 Å². The highest BCUT2D eigenvalue weighted by Crippen LogP contribution is 2.27. The maximum Gasteiger partial charge on any atom is 0.128 e. The standard InChI is InChI=1S/C16H13F2NO/c1-20-16-4-2-3-15-13(16)7-8-19(15)10-11-9-12(17)5-6-14(11)18/h2-9H,10H2,1H3. The van der Waals surface area contributed by atoms with E-state index in [4.69, 9.17) is 4.74 Å². The van der Waals surface area contributed by atoms with Crippen LogP contribution in [0.1, 0.15) is 5.56 Å². The summed E-state index contributed by atoms with van der Waals surface area (Å²) in [5, 5.41) is 0.951. The number of ether oxygens (including phenoxy) is 1. The fourth-order valence-corrected chi connectivity index (χ4v) is 2.36. The lowest BCUT2D eigenvalue weighted by atomic mass is 10.2. The van der Waals surface area contributed by atoms with Crippen LogP contribution in [-0.2, 0) is 6.54 Å². The normalized spacial score (nSPS) is 10.9. The lowest BCUT2D eigenvalue weighted by Gasteiger charge is -2.08. The number of fused-ring (bicyclic) bond motifs is 1. The second kappa shape index (κ2) is 4.96. The molecule has 0 saturated carbocycles. The van der Waals surface area contributed by atoms with Crippen molar-refractivity contribution in [2.75, 3.05) is 7.11 Å². The number of benzene rings is 2. The highest BCUT2D eigenvalue weighted by atomic mass is 19.1. The molecular formula is C16H13F2NO. The van der Waals surface area contributed by atoms with E-state index >= 15 is 0 Å². The Kier molecular flexibility index (Phi) is 3.14. The summed E-state index contributed by atoms with van der Waals surface area (Å²) in [7, 11) is 1.61. The van der Waals surface area contributed by atoms with E-state index in [9.17, 15) is 8.78 Å². The molecule has 102 valence electrons. The van der Waals surface area contributed by atoms with Crippen LogP contribution in [0.3, 0.4) is 0 Å². The molecule has 3 rings (SSSR count). The first-order valence-electron chi connectivity index (χ1n) is 6.25. The van der Waals surface area contributed by atoms with Crippen LogP contribution in [0.4, 0.5) is 8.78 Å². The first-order valence-corrected chi connectivity index (χ1v) is 6.25. The molecule has 2 aromatic carbocycles. The van der Waals surface area contributed by atoms with Crippen LogP contribution in [0.25, 0.3) is 10.9 Å². The van der Waals surface area contributed by atoms with Gasteiger partial charge in [0.2, 0.25) is 0 Å². The highest BCUT2D eigenvalue weighted by molar-refractivity contribution is 5.86. The monoisotopic (exact) mass is 273 g/mol. The van der Waals surface area contributed by atoms with Crippen molar-refractivity contribution in [3.05, 3.63) is 65.9 Å². The highest BCUT2D eigenvalue weighted by Gasteiger charge is 2.09. The molecule has 3 aromatic rings. The molecule has 0 amide bonds. The first-order chi connectivity index (χ1) is 9.69. The van der Waals surface area contributed by atoms with Crippen molar-refractivity contribution in [3.63, 3.8) is 0 Å². The van der Waals surface area contributed by atoms with Crippen molar-refractivity contribution in [2.45, 2.75) is 6.54 Å². The molecule has 20 heavy (non-hydrogen) atoms. The van der Waals surface area contributed by atoms with Crippen LogP contribution in [-0.4, -0.2) is 11.7 Å². The fraction of sp³-hybridized carbons (Fsp3) is 0.125. The van der Waals surface area contributed by atoms with Crippen molar-refractivity contribution in [1.29, 1.82) is 0 Å². The van der Waals surface area contributed by atoms with E-state index in [1.807, 2.05) is 35.0 Å². The van der Waals surface area contributed by atoms with Crippen LogP contribution in [0.15, 0.2) is 48.7 Å². The number of halogens is 2. The second-order valence-corrected chi connectivity index (χ2v) is 4.57. The fourth-order valence-electron chi connectivity index (χ4n) is 2.36. The molecule has 1 heterocycles. The molecule has 0 spiro atoms. The molecular weight excluding hydrogens is 260 g/mol. The van der Waals surface area contributed by atoms with Crippen LogP contribution < -0.4 is 4.74 Å². The van der Waals surface area contributed by atoms with Gasteiger partial charge in [0.15, 0.2) is 0 Å². The van der Waals surface area contributed by atoms with Gasteiger partial charge in [0.25, 0.3) is 0 Å². The molecule has 2 nitrogen and oxygen atoms in total. The summed E-state index contributed by atoms with van der Waals surface area (Å²) in [6.45, 7) is 0.278. The van der Waals surface area contributed by atoms with Gasteiger partial charge >= 0.3 is 0 Å². The maximum atomic E-state index is 13.7. The third-order valence-corrected chi connectivity index (χ3v) is 3.34. The average Bonchev–Trinajstić information content (AvgIpc) is 2.86. The number of hydrogen-bond donors (Lipinski definition) is 0. The summed E-state index contributed by atoms with van der Waals surface area (Å²) in [4.78, 5) is 0. The Morgan fingerprint density at radius 2 is 1.95 bits per heavy atom. The van der Waals surface area contributed by atoms with E-state index in [0.29, 0.717) is 5.56 Å². The summed E-state index contributed by atoms with van der Waals surface area (Å²) in [6.07, 6.45) is 1.84. The van der Waals surface area contributed by atoms with Crippen molar-refractivity contribution in [1.82, 2.24) is 4.57 Å². The smallest absolute Gasteiger partial charge is 0.128 e. The zero-order chi connectivity index (χ0) is 14.1. The lowest BCUT2D eigenvalue weighted by molar-refractivity contribution is 0.420. The van der Waals surface area contributed by atoms with Gasteiger partial charge in [-0.2, -0.15) is 0 Å². The van der Waals surface area contributed by atoms with Crippen molar-refractivity contribution < 1.29 is 13.5 Å². The molecule has 0 bridgehead atoms. The number of methoxy groups -OCH3 is 1. The minimum Gasteiger partial charge on any atom is -0.496 e. The van der Waals surface area contributed by atoms with E-state index in [1.165, 1.54) is 6.07 Å². The number of rotatable bonds is 3. The first kappa shape index (κ1) is 12.7. The minimum atomic E-state index is -0.435. The average molecular weight is 273 g/mol. The lowest BCUT2D eigenvalue weighted by Crippen LogP contribution is -2.01. The largest absolute Gasteiger partial charge is 0.496 e. The van der Waals surface area contributed by atoms with Gasteiger partial charge in [0.1, 0.15) is 17.4 Å². The molecule has 0 N–H and O–H groups in total. The molecule has 0 aliphatic rings. The quantitative estimate of drug-likeness (QED) is 0.704. The van der Waals surface area contributed by atoms with Gasteiger partial charge in [-0.05, 0) is 36.4 Å². The topological polar surface area (TPSA) is 14.2 Å². The van der Waals surface area contributed by atoms with Crippen LogP contribution in [0.5, 0.6) is 5.75 Å². The zero-order valence-electron chi connectivity index (χ0n) is 10.9. The van der Waals surface area contributed by atoms with Gasteiger partial charge in [-0.1, -0.05) is 6.07 Å². The van der Waals surface area contributed by atoms with Crippen molar-refractivity contribution in [2.24, 2.45) is 0 Å². The molecule has 0 atom stereocenters. The molecule has 0 aliphatic carbocycles. The Morgan fingerprint density at radius 3 is 2.75 bits per heavy atom. The van der Waals surface area contributed by atoms with E-state index in [0.717, 1.165) is 28.8 Å². The molecule has 0 fully saturated rings. The van der Waals surface area contributed by atoms with Crippen LogP contribution in [0, 0.1) is 11.6 Å². The minimum absolute atomic E-state index is 0.278. The van der Waals surface area contributed by atoms with E-state index in [-0.39, 0.29) is 6.54 Å². The van der Waals surface area contributed by atoms with Crippen LogP contribution >= 0.6 is 0 Å². The van der Waals surface area contributed by atoms with Gasteiger partial charge in [-0.15, -0.1) is 0 Å². The molecule has 0 unspecified atom stereocenters. The summed E-state index contributed by atoms with van der Waals surface area (Å²) < 4.78 is 34.1.